The summed E-state index contributed by atoms with van der Waals surface area (Å²) in [5, 5.41) is 0. The van der Waals surface area contributed by atoms with Crippen LogP contribution in [-0.4, -0.2) is 67.0 Å². The fourth-order valence-electron chi connectivity index (χ4n) is 4.61. The van der Waals surface area contributed by atoms with Crippen LogP contribution in [0.1, 0.15) is 41.8 Å². The first-order valence-corrected chi connectivity index (χ1v) is 11.6. The molecule has 2 amide bonds. The van der Waals surface area contributed by atoms with Gasteiger partial charge in [-0.25, -0.2) is 0 Å². The van der Waals surface area contributed by atoms with E-state index in [0.717, 1.165) is 56.1 Å². The number of rotatable bonds is 7. The number of fused-ring (bicyclic) bond motifs is 1. The quantitative estimate of drug-likeness (QED) is 0.669. The van der Waals surface area contributed by atoms with Gasteiger partial charge in [-0.2, -0.15) is 0 Å². The topological polar surface area (TPSA) is 53.1 Å². The van der Waals surface area contributed by atoms with Gasteiger partial charge in [0.25, 0.3) is 5.91 Å². The van der Waals surface area contributed by atoms with E-state index in [4.69, 9.17) is 4.74 Å². The third-order valence-corrected chi connectivity index (χ3v) is 6.44. The lowest BCUT2D eigenvalue weighted by atomic mass is 10.1. The summed E-state index contributed by atoms with van der Waals surface area (Å²) < 4.78 is 5.48. The van der Waals surface area contributed by atoms with Gasteiger partial charge in [0, 0.05) is 56.4 Å². The summed E-state index contributed by atoms with van der Waals surface area (Å²) in [6, 6.07) is 16.0. The zero-order chi connectivity index (χ0) is 22.5. The van der Waals surface area contributed by atoms with Gasteiger partial charge in [-0.15, -0.1) is 0 Å². The third-order valence-electron chi connectivity index (χ3n) is 6.44. The van der Waals surface area contributed by atoms with Crippen LogP contribution in [0, 0.1) is 0 Å². The molecule has 2 aromatic carbocycles. The Morgan fingerprint density at radius 1 is 1.06 bits per heavy atom. The average molecular weight is 436 g/mol. The molecule has 2 heterocycles. The SMILES string of the molecule is CCC(=O)N1CCc2cc(C(=O)N(Cc3ccccc3)[C@H](C)CN3CCOCC3)ccc21. The molecule has 2 aliphatic rings. The largest absolute Gasteiger partial charge is 0.379 e. The van der Waals surface area contributed by atoms with Crippen molar-refractivity contribution >= 4 is 17.5 Å². The van der Waals surface area contributed by atoms with Crippen LogP contribution < -0.4 is 4.90 Å². The lowest BCUT2D eigenvalue weighted by molar-refractivity contribution is -0.118. The highest BCUT2D eigenvalue weighted by atomic mass is 16.5. The summed E-state index contributed by atoms with van der Waals surface area (Å²) in [5.41, 5.74) is 3.84. The Labute approximate surface area is 190 Å². The number of ether oxygens (including phenoxy) is 1. The van der Waals surface area contributed by atoms with Gasteiger partial charge in [-0.05, 0) is 42.7 Å². The summed E-state index contributed by atoms with van der Waals surface area (Å²) in [4.78, 5) is 32.1. The molecule has 1 saturated heterocycles. The molecule has 0 unspecified atom stereocenters. The highest BCUT2D eigenvalue weighted by molar-refractivity contribution is 5.98. The van der Waals surface area contributed by atoms with Crippen LogP contribution in [0.25, 0.3) is 0 Å². The molecule has 170 valence electrons. The standard InChI is InChI=1S/C26H33N3O3/c1-3-25(30)28-12-11-22-17-23(9-10-24(22)28)26(31)29(19-21-7-5-4-6-8-21)20(2)18-27-13-15-32-16-14-27/h4-10,17,20H,3,11-16,18-19H2,1-2H3/t20-/m1/s1. The van der Waals surface area contributed by atoms with E-state index in [-0.39, 0.29) is 17.9 Å². The maximum atomic E-state index is 13.7. The van der Waals surface area contributed by atoms with Crippen molar-refractivity contribution in [2.45, 2.75) is 39.3 Å². The molecule has 1 fully saturated rings. The van der Waals surface area contributed by atoms with Gasteiger partial charge in [0.1, 0.15) is 0 Å². The molecule has 2 aromatic rings. The molecule has 2 aliphatic heterocycles. The van der Waals surface area contributed by atoms with E-state index < -0.39 is 0 Å². The van der Waals surface area contributed by atoms with Crippen molar-refractivity contribution in [1.29, 1.82) is 0 Å². The van der Waals surface area contributed by atoms with E-state index in [9.17, 15) is 9.59 Å². The molecule has 4 rings (SSSR count). The maximum Gasteiger partial charge on any atom is 0.254 e. The van der Waals surface area contributed by atoms with Crippen LogP contribution in [0.3, 0.4) is 0 Å². The van der Waals surface area contributed by atoms with Gasteiger partial charge in [-0.1, -0.05) is 37.3 Å². The Balaban J connectivity index is 1.56. The van der Waals surface area contributed by atoms with E-state index in [1.807, 2.05) is 53.1 Å². The summed E-state index contributed by atoms with van der Waals surface area (Å²) >= 11 is 0. The van der Waals surface area contributed by atoms with Crippen molar-refractivity contribution in [1.82, 2.24) is 9.80 Å². The average Bonchev–Trinajstić information content (AvgIpc) is 3.26. The summed E-state index contributed by atoms with van der Waals surface area (Å²) in [5.74, 6) is 0.172. The minimum Gasteiger partial charge on any atom is -0.379 e. The summed E-state index contributed by atoms with van der Waals surface area (Å²) in [6.45, 7) is 9.40. The maximum absolute atomic E-state index is 13.7. The molecule has 0 spiro atoms. The summed E-state index contributed by atoms with van der Waals surface area (Å²) in [7, 11) is 0. The Morgan fingerprint density at radius 2 is 1.81 bits per heavy atom. The predicted molar refractivity (Wildman–Crippen MR) is 126 cm³/mol. The minimum atomic E-state index is 0.0395. The Bertz CT molecular complexity index is 941. The first-order chi connectivity index (χ1) is 15.6. The molecule has 0 aromatic heterocycles. The van der Waals surface area contributed by atoms with Gasteiger partial charge in [0.15, 0.2) is 0 Å². The Morgan fingerprint density at radius 3 is 2.53 bits per heavy atom. The molecule has 32 heavy (non-hydrogen) atoms. The van der Waals surface area contributed by atoms with E-state index in [2.05, 4.69) is 24.0 Å². The second-order valence-electron chi connectivity index (χ2n) is 8.67. The molecule has 1 atom stereocenters. The molecule has 0 saturated carbocycles. The third kappa shape index (κ3) is 5.03. The lowest BCUT2D eigenvalue weighted by Crippen LogP contribution is -2.48. The second-order valence-corrected chi connectivity index (χ2v) is 8.67. The van der Waals surface area contributed by atoms with Crippen LogP contribution in [0.2, 0.25) is 0 Å². The molecule has 0 N–H and O–H groups in total. The fourth-order valence-corrected chi connectivity index (χ4v) is 4.61. The Kier molecular flexibility index (Phi) is 7.22. The number of hydrogen-bond donors (Lipinski definition) is 0. The van der Waals surface area contributed by atoms with Crippen molar-refractivity contribution < 1.29 is 14.3 Å². The van der Waals surface area contributed by atoms with Gasteiger partial charge in [0.05, 0.1) is 13.2 Å². The number of morpholine rings is 1. The van der Waals surface area contributed by atoms with Crippen molar-refractivity contribution in [3.05, 3.63) is 65.2 Å². The highest BCUT2D eigenvalue weighted by Crippen LogP contribution is 2.30. The van der Waals surface area contributed by atoms with Crippen molar-refractivity contribution in [3.63, 3.8) is 0 Å². The predicted octanol–water partition coefficient (Wildman–Crippen LogP) is 3.35. The number of carbonyl (C=O) groups excluding carboxylic acids is 2. The number of anilines is 1. The van der Waals surface area contributed by atoms with Crippen molar-refractivity contribution in [3.8, 4) is 0 Å². The van der Waals surface area contributed by atoms with Gasteiger partial charge < -0.3 is 14.5 Å². The lowest BCUT2D eigenvalue weighted by Gasteiger charge is -2.35. The molecule has 6 heteroatoms. The number of hydrogen-bond acceptors (Lipinski definition) is 4. The fraction of sp³-hybridized carbons (Fsp3) is 0.462. The van der Waals surface area contributed by atoms with Crippen LogP contribution in [0.4, 0.5) is 5.69 Å². The molecule has 0 bridgehead atoms. The number of amides is 2. The molecule has 0 radical (unpaired) electrons. The van der Waals surface area contributed by atoms with Crippen molar-refractivity contribution in [2.75, 3.05) is 44.3 Å². The second kappa shape index (κ2) is 10.3. The smallest absolute Gasteiger partial charge is 0.254 e. The van der Waals surface area contributed by atoms with Gasteiger partial charge >= 0.3 is 0 Å². The van der Waals surface area contributed by atoms with Crippen LogP contribution in [-0.2, 0) is 22.5 Å². The van der Waals surface area contributed by atoms with E-state index >= 15 is 0 Å². The minimum absolute atomic E-state index is 0.0395. The van der Waals surface area contributed by atoms with Crippen LogP contribution in [0.5, 0.6) is 0 Å². The highest BCUT2D eigenvalue weighted by Gasteiger charge is 2.28. The molecular weight excluding hydrogens is 402 g/mol. The molecular formula is C26H33N3O3. The number of carbonyl (C=O) groups is 2. The summed E-state index contributed by atoms with van der Waals surface area (Å²) in [6.07, 6.45) is 1.29. The van der Waals surface area contributed by atoms with E-state index in [1.54, 1.807) is 0 Å². The van der Waals surface area contributed by atoms with Crippen molar-refractivity contribution in [2.24, 2.45) is 0 Å². The van der Waals surface area contributed by atoms with Gasteiger partial charge in [-0.3, -0.25) is 14.5 Å². The Hall–Kier alpha value is -2.70. The first-order valence-electron chi connectivity index (χ1n) is 11.6. The zero-order valence-corrected chi connectivity index (χ0v) is 19.1. The number of benzene rings is 2. The van der Waals surface area contributed by atoms with E-state index in [0.29, 0.717) is 25.1 Å². The van der Waals surface area contributed by atoms with Crippen LogP contribution >= 0.6 is 0 Å². The number of nitrogens with zero attached hydrogens (tertiary/aromatic N) is 3. The molecule has 0 aliphatic carbocycles. The normalized spacial score (nSPS) is 17.1. The van der Waals surface area contributed by atoms with Crippen LogP contribution in [0.15, 0.2) is 48.5 Å². The monoisotopic (exact) mass is 435 g/mol. The first kappa shape index (κ1) is 22.5. The molecule has 6 nitrogen and oxygen atoms in total. The van der Waals surface area contributed by atoms with E-state index in [1.165, 1.54) is 0 Å². The zero-order valence-electron chi connectivity index (χ0n) is 19.1. The van der Waals surface area contributed by atoms with Gasteiger partial charge in [0.2, 0.25) is 5.91 Å².